The highest BCUT2D eigenvalue weighted by molar-refractivity contribution is 8.15. The molecule has 2 aromatic rings. The number of amides is 1. The molecule has 0 spiro atoms. The predicted molar refractivity (Wildman–Crippen MR) is 116 cm³/mol. The van der Waals surface area contributed by atoms with Gasteiger partial charge in [-0.15, -0.1) is 0 Å². The summed E-state index contributed by atoms with van der Waals surface area (Å²) in [5, 5.41) is 7.80. The molecular formula is C23H22FNO6S. The number of nitrogens with zero attached hydrogens (tertiary/aromatic N) is 1. The number of hydrogen-bond acceptors (Lipinski definition) is 6. The van der Waals surface area contributed by atoms with Crippen LogP contribution in [0.3, 0.4) is 0 Å². The summed E-state index contributed by atoms with van der Waals surface area (Å²) in [7, 11) is 1.30. The van der Waals surface area contributed by atoms with Crippen LogP contribution < -0.4 is 4.74 Å². The zero-order valence-corrected chi connectivity index (χ0v) is 18.1. The number of carboxylic acids is 1. The number of carbonyl (C=O) groups is 4. The number of rotatable bonds is 8. The maximum Gasteiger partial charge on any atom is 0.326 e. The zero-order chi connectivity index (χ0) is 23.3. The largest absolute Gasteiger partial charge is 0.494 e. The molecule has 2 atom stereocenters. The van der Waals surface area contributed by atoms with E-state index in [0.717, 1.165) is 6.07 Å². The minimum atomic E-state index is -1.14. The topological polar surface area (TPSA) is 101 Å². The van der Waals surface area contributed by atoms with E-state index in [2.05, 4.69) is 0 Å². The predicted octanol–water partition coefficient (Wildman–Crippen LogP) is 3.42. The third-order valence-corrected chi connectivity index (χ3v) is 6.32. The highest BCUT2D eigenvalue weighted by Gasteiger charge is 2.36. The average Bonchev–Trinajstić information content (AvgIpc) is 3.29. The van der Waals surface area contributed by atoms with Crippen molar-refractivity contribution in [3.63, 3.8) is 0 Å². The second-order valence-electron chi connectivity index (χ2n) is 7.26. The lowest BCUT2D eigenvalue weighted by Gasteiger charge is -2.23. The van der Waals surface area contributed by atoms with E-state index in [1.165, 1.54) is 24.1 Å². The van der Waals surface area contributed by atoms with Gasteiger partial charge in [-0.3, -0.25) is 14.4 Å². The number of methoxy groups -OCH3 is 1. The number of likely N-dealkylation sites (tertiary alicyclic amines) is 1. The molecule has 1 amide bonds. The van der Waals surface area contributed by atoms with Gasteiger partial charge in [0.05, 0.1) is 12.4 Å². The Labute approximate surface area is 188 Å². The molecule has 32 heavy (non-hydrogen) atoms. The molecular weight excluding hydrogens is 437 g/mol. The van der Waals surface area contributed by atoms with Crippen molar-refractivity contribution in [2.75, 3.05) is 13.7 Å². The van der Waals surface area contributed by atoms with Gasteiger partial charge < -0.3 is 14.7 Å². The van der Waals surface area contributed by atoms with Gasteiger partial charge in [0.2, 0.25) is 11.0 Å². The Morgan fingerprint density at radius 2 is 1.88 bits per heavy atom. The molecule has 1 N–H and O–H groups in total. The standard InChI is InChI=1S/C23H22FNO6S/c1-31-18-10-9-15(12-16(18)24)21(27)19(32-23(30)14-6-3-2-4-7-14)13-20(26)25-11-5-8-17(25)22(28)29/h2-4,6-7,9-10,12,17,19H,5,8,11,13H2,1H3,(H,28,29)/t17-,19?/m0/s1. The van der Waals surface area contributed by atoms with Crippen LogP contribution in [0.25, 0.3) is 0 Å². The van der Waals surface area contributed by atoms with Crippen LogP contribution in [0, 0.1) is 5.82 Å². The van der Waals surface area contributed by atoms with E-state index in [1.807, 2.05) is 0 Å². The number of benzene rings is 2. The van der Waals surface area contributed by atoms with Gasteiger partial charge in [0.25, 0.3) is 0 Å². The second-order valence-corrected chi connectivity index (χ2v) is 8.44. The molecule has 1 aliphatic rings. The Morgan fingerprint density at radius 1 is 1.16 bits per heavy atom. The van der Waals surface area contributed by atoms with Gasteiger partial charge in [-0.1, -0.05) is 42.1 Å². The summed E-state index contributed by atoms with van der Waals surface area (Å²) in [5.74, 6) is -3.02. The normalized spacial score (nSPS) is 16.4. The minimum Gasteiger partial charge on any atom is -0.494 e. The quantitative estimate of drug-likeness (QED) is 0.604. The molecule has 0 aliphatic carbocycles. The van der Waals surface area contributed by atoms with Crippen molar-refractivity contribution in [3.05, 3.63) is 65.5 Å². The first kappa shape index (κ1) is 23.5. The summed E-state index contributed by atoms with van der Waals surface area (Å²) in [4.78, 5) is 51.4. The molecule has 0 radical (unpaired) electrons. The summed E-state index contributed by atoms with van der Waals surface area (Å²) >= 11 is 0.676. The van der Waals surface area contributed by atoms with Crippen molar-refractivity contribution in [1.29, 1.82) is 0 Å². The highest BCUT2D eigenvalue weighted by atomic mass is 32.2. The Hall–Kier alpha value is -3.20. The fourth-order valence-corrected chi connectivity index (χ4v) is 4.56. The monoisotopic (exact) mass is 459 g/mol. The number of hydrogen-bond donors (Lipinski definition) is 1. The van der Waals surface area contributed by atoms with E-state index in [1.54, 1.807) is 30.3 Å². The number of carboxylic acid groups (broad SMARTS) is 1. The number of Topliss-reactive ketones (excluding diaryl/α,β-unsaturated/α-hetero) is 1. The molecule has 0 bridgehead atoms. The molecule has 9 heteroatoms. The molecule has 0 aromatic heterocycles. The summed E-state index contributed by atoms with van der Waals surface area (Å²) in [5.41, 5.74) is 0.346. The Balaban J connectivity index is 1.86. The number of halogens is 1. The van der Waals surface area contributed by atoms with Gasteiger partial charge in [-0.2, -0.15) is 0 Å². The van der Waals surface area contributed by atoms with Crippen LogP contribution in [0.5, 0.6) is 5.75 Å². The zero-order valence-electron chi connectivity index (χ0n) is 17.3. The lowest BCUT2D eigenvalue weighted by Crippen LogP contribution is -2.42. The smallest absolute Gasteiger partial charge is 0.326 e. The van der Waals surface area contributed by atoms with Gasteiger partial charge in [0, 0.05) is 24.1 Å². The SMILES string of the molecule is COc1ccc(C(=O)C(CC(=O)N2CCC[C@H]2C(=O)O)SC(=O)c2ccccc2)cc1F. The molecule has 1 heterocycles. The summed E-state index contributed by atoms with van der Waals surface area (Å²) in [6.45, 7) is 0.269. The molecule has 1 saturated heterocycles. The van der Waals surface area contributed by atoms with E-state index >= 15 is 0 Å². The second kappa shape index (κ2) is 10.4. The van der Waals surface area contributed by atoms with Crippen molar-refractivity contribution < 1.29 is 33.4 Å². The Kier molecular flexibility index (Phi) is 7.63. The van der Waals surface area contributed by atoms with E-state index in [9.17, 15) is 28.7 Å². The van der Waals surface area contributed by atoms with Crippen molar-refractivity contribution in [1.82, 2.24) is 4.90 Å². The maximum atomic E-state index is 14.2. The minimum absolute atomic E-state index is 0.00864. The molecule has 1 unspecified atom stereocenters. The van der Waals surface area contributed by atoms with Gasteiger partial charge in [-0.25, -0.2) is 9.18 Å². The summed E-state index contributed by atoms with van der Waals surface area (Å²) in [6.07, 6.45) is 0.500. The van der Waals surface area contributed by atoms with E-state index in [4.69, 9.17) is 4.74 Å². The van der Waals surface area contributed by atoms with E-state index in [-0.39, 0.29) is 24.3 Å². The molecule has 2 aromatic carbocycles. The van der Waals surface area contributed by atoms with E-state index < -0.39 is 39.9 Å². The summed E-state index contributed by atoms with van der Waals surface area (Å²) in [6, 6.07) is 11.0. The van der Waals surface area contributed by atoms with Crippen LogP contribution in [0.15, 0.2) is 48.5 Å². The Bertz CT molecular complexity index is 1030. The first-order valence-corrected chi connectivity index (χ1v) is 10.9. The lowest BCUT2D eigenvalue weighted by atomic mass is 10.0. The summed E-state index contributed by atoms with van der Waals surface area (Å²) < 4.78 is 19.0. The Morgan fingerprint density at radius 3 is 2.50 bits per heavy atom. The van der Waals surface area contributed by atoms with Crippen molar-refractivity contribution >= 4 is 34.5 Å². The van der Waals surface area contributed by atoms with Crippen LogP contribution in [0.1, 0.15) is 40.0 Å². The first-order valence-electron chi connectivity index (χ1n) is 9.98. The fraction of sp³-hybridized carbons (Fsp3) is 0.304. The molecule has 7 nitrogen and oxygen atoms in total. The van der Waals surface area contributed by atoms with Gasteiger partial charge in [-0.05, 0) is 31.0 Å². The number of ketones is 1. The molecule has 3 rings (SSSR count). The van der Waals surface area contributed by atoms with Crippen LogP contribution in [0.4, 0.5) is 4.39 Å². The lowest BCUT2D eigenvalue weighted by molar-refractivity contribution is -0.148. The third kappa shape index (κ3) is 5.34. The fourth-order valence-electron chi connectivity index (χ4n) is 3.56. The van der Waals surface area contributed by atoms with Gasteiger partial charge in [0.1, 0.15) is 6.04 Å². The molecule has 0 saturated carbocycles. The number of ether oxygens (including phenoxy) is 1. The highest BCUT2D eigenvalue weighted by Crippen LogP contribution is 2.28. The number of thioether (sulfide) groups is 1. The number of carbonyl (C=O) groups excluding carboxylic acids is 3. The molecule has 1 aliphatic heterocycles. The van der Waals surface area contributed by atoms with Crippen LogP contribution in [-0.2, 0) is 9.59 Å². The average molecular weight is 459 g/mol. The van der Waals surface area contributed by atoms with Crippen LogP contribution in [0.2, 0.25) is 0 Å². The van der Waals surface area contributed by atoms with Crippen molar-refractivity contribution in [3.8, 4) is 5.75 Å². The maximum absolute atomic E-state index is 14.2. The number of aliphatic carboxylic acids is 1. The first-order chi connectivity index (χ1) is 15.3. The molecule has 168 valence electrons. The van der Waals surface area contributed by atoms with E-state index in [0.29, 0.717) is 30.2 Å². The van der Waals surface area contributed by atoms with Gasteiger partial charge in [0.15, 0.2) is 17.3 Å². The van der Waals surface area contributed by atoms with Gasteiger partial charge >= 0.3 is 5.97 Å². The van der Waals surface area contributed by atoms with Crippen molar-refractivity contribution in [2.24, 2.45) is 0 Å². The molecule has 1 fully saturated rings. The van der Waals surface area contributed by atoms with Crippen LogP contribution in [-0.4, -0.2) is 57.7 Å². The van der Waals surface area contributed by atoms with Crippen LogP contribution >= 0.6 is 11.8 Å². The van der Waals surface area contributed by atoms with Crippen molar-refractivity contribution in [2.45, 2.75) is 30.6 Å². The third-order valence-electron chi connectivity index (χ3n) is 5.21.